The first-order chi connectivity index (χ1) is 11.3. The van der Waals surface area contributed by atoms with Crippen molar-refractivity contribution < 1.29 is 22.7 Å². The molecule has 0 aliphatic carbocycles. The quantitative estimate of drug-likeness (QED) is 0.678. The number of nitrogens with zero attached hydrogens (tertiary/aromatic N) is 1. The number of rotatable bonds is 9. The first kappa shape index (κ1) is 20.0. The molecule has 0 bridgehead atoms. The highest BCUT2D eigenvalue weighted by atomic mass is 32.2. The van der Waals surface area contributed by atoms with E-state index in [0.717, 1.165) is 10.6 Å². The van der Waals surface area contributed by atoms with Gasteiger partial charge in [-0.05, 0) is 25.5 Å². The summed E-state index contributed by atoms with van der Waals surface area (Å²) >= 11 is 0. The second-order valence-electron chi connectivity index (χ2n) is 5.17. The summed E-state index contributed by atoms with van der Waals surface area (Å²) in [4.78, 5) is 23.6. The normalized spacial score (nSPS) is 11.0. The van der Waals surface area contributed by atoms with Crippen molar-refractivity contribution in [3.63, 3.8) is 0 Å². The number of hydrogen-bond acceptors (Lipinski definition) is 5. The SMILES string of the molecule is CCCC(=O)NCCN(c1ccccc1C(=O)OCC)S(C)(=O)=O. The van der Waals surface area contributed by atoms with Crippen LogP contribution in [-0.4, -0.2) is 46.2 Å². The van der Waals surface area contributed by atoms with E-state index in [1.165, 1.54) is 6.07 Å². The minimum Gasteiger partial charge on any atom is -0.462 e. The molecular formula is C16H24N2O5S. The molecule has 1 rings (SSSR count). The Morgan fingerprint density at radius 1 is 1.21 bits per heavy atom. The summed E-state index contributed by atoms with van der Waals surface area (Å²) in [5.74, 6) is -0.721. The van der Waals surface area contributed by atoms with E-state index in [1.807, 2.05) is 6.92 Å². The molecule has 24 heavy (non-hydrogen) atoms. The highest BCUT2D eigenvalue weighted by Gasteiger charge is 2.23. The lowest BCUT2D eigenvalue weighted by atomic mass is 10.2. The Kier molecular flexibility index (Phi) is 7.70. The molecule has 1 amide bonds. The number of benzene rings is 1. The molecule has 8 heteroatoms. The van der Waals surface area contributed by atoms with Crippen LogP contribution in [0.15, 0.2) is 24.3 Å². The first-order valence-electron chi connectivity index (χ1n) is 7.81. The summed E-state index contributed by atoms with van der Waals surface area (Å²) in [7, 11) is -3.62. The maximum atomic E-state index is 12.1. The van der Waals surface area contributed by atoms with Gasteiger partial charge in [0.25, 0.3) is 0 Å². The highest BCUT2D eigenvalue weighted by molar-refractivity contribution is 7.92. The Hall–Kier alpha value is -2.09. The van der Waals surface area contributed by atoms with Crippen LogP contribution in [0.2, 0.25) is 0 Å². The molecule has 0 radical (unpaired) electrons. The molecule has 0 spiro atoms. The van der Waals surface area contributed by atoms with Crippen molar-refractivity contribution >= 4 is 27.6 Å². The molecule has 7 nitrogen and oxygen atoms in total. The third-order valence-electron chi connectivity index (χ3n) is 3.18. The Balaban J connectivity index is 3.02. The van der Waals surface area contributed by atoms with E-state index in [1.54, 1.807) is 25.1 Å². The molecular weight excluding hydrogens is 332 g/mol. The van der Waals surface area contributed by atoms with E-state index in [9.17, 15) is 18.0 Å². The van der Waals surface area contributed by atoms with Crippen LogP contribution in [0.1, 0.15) is 37.0 Å². The second-order valence-corrected chi connectivity index (χ2v) is 7.08. The number of esters is 1. The topological polar surface area (TPSA) is 92.8 Å². The number of carbonyl (C=O) groups is 2. The van der Waals surface area contributed by atoms with Crippen molar-refractivity contribution in [1.29, 1.82) is 0 Å². The Morgan fingerprint density at radius 2 is 1.88 bits per heavy atom. The number of carbonyl (C=O) groups excluding carboxylic acids is 2. The summed E-state index contributed by atoms with van der Waals surface area (Å²) < 4.78 is 30.3. The van der Waals surface area contributed by atoms with E-state index < -0.39 is 16.0 Å². The second kappa shape index (κ2) is 9.27. The fourth-order valence-electron chi connectivity index (χ4n) is 2.15. The van der Waals surface area contributed by atoms with Crippen LogP contribution < -0.4 is 9.62 Å². The van der Waals surface area contributed by atoms with E-state index in [0.29, 0.717) is 12.8 Å². The van der Waals surface area contributed by atoms with Gasteiger partial charge in [-0.25, -0.2) is 13.2 Å². The molecule has 0 atom stereocenters. The standard InChI is InChI=1S/C16H24N2O5S/c1-4-8-15(19)17-11-12-18(24(3,21)22)14-10-7-6-9-13(14)16(20)23-5-2/h6-7,9-10H,4-5,8,11-12H2,1-3H3,(H,17,19). The summed E-state index contributed by atoms with van der Waals surface area (Å²) in [5, 5.41) is 2.67. The van der Waals surface area contributed by atoms with Crippen LogP contribution >= 0.6 is 0 Å². The van der Waals surface area contributed by atoms with Crippen LogP contribution in [0.3, 0.4) is 0 Å². The third-order valence-corrected chi connectivity index (χ3v) is 4.36. The monoisotopic (exact) mass is 356 g/mol. The molecule has 0 saturated heterocycles. The predicted octanol–water partition coefficient (Wildman–Crippen LogP) is 1.55. The van der Waals surface area contributed by atoms with Crippen molar-refractivity contribution in [3.05, 3.63) is 29.8 Å². The van der Waals surface area contributed by atoms with Crippen LogP contribution in [0.4, 0.5) is 5.69 Å². The summed E-state index contributed by atoms with van der Waals surface area (Å²) in [6.07, 6.45) is 2.16. The van der Waals surface area contributed by atoms with Crippen molar-refractivity contribution in [3.8, 4) is 0 Å². The molecule has 0 unspecified atom stereocenters. The molecule has 1 aromatic rings. The average molecular weight is 356 g/mol. The molecule has 0 aliphatic heterocycles. The maximum Gasteiger partial charge on any atom is 0.340 e. The molecule has 0 saturated carbocycles. The third kappa shape index (κ3) is 5.84. The molecule has 1 aromatic carbocycles. The Bertz CT molecular complexity index is 673. The molecule has 0 aromatic heterocycles. The smallest absolute Gasteiger partial charge is 0.340 e. The van der Waals surface area contributed by atoms with Gasteiger partial charge in [0, 0.05) is 13.0 Å². The molecule has 0 heterocycles. The number of sulfonamides is 1. The van der Waals surface area contributed by atoms with Gasteiger partial charge in [0.15, 0.2) is 0 Å². The number of para-hydroxylation sites is 1. The zero-order valence-corrected chi connectivity index (χ0v) is 15.1. The largest absolute Gasteiger partial charge is 0.462 e. The fraction of sp³-hybridized carbons (Fsp3) is 0.500. The van der Waals surface area contributed by atoms with Crippen molar-refractivity contribution in [2.75, 3.05) is 30.3 Å². The van der Waals surface area contributed by atoms with E-state index in [-0.39, 0.29) is 36.9 Å². The molecule has 0 fully saturated rings. The van der Waals surface area contributed by atoms with E-state index in [4.69, 9.17) is 4.74 Å². The Morgan fingerprint density at radius 3 is 2.46 bits per heavy atom. The van der Waals surface area contributed by atoms with Gasteiger partial charge in [-0.1, -0.05) is 19.1 Å². The van der Waals surface area contributed by atoms with Gasteiger partial charge in [-0.15, -0.1) is 0 Å². The average Bonchev–Trinajstić information content (AvgIpc) is 2.51. The molecule has 1 N–H and O–H groups in total. The van der Waals surface area contributed by atoms with Gasteiger partial charge in [0.2, 0.25) is 15.9 Å². The maximum absolute atomic E-state index is 12.1. The van der Waals surface area contributed by atoms with Gasteiger partial charge >= 0.3 is 5.97 Å². The Labute approximate surface area is 143 Å². The lowest BCUT2D eigenvalue weighted by Crippen LogP contribution is -2.38. The molecule has 134 valence electrons. The minimum atomic E-state index is -3.62. The minimum absolute atomic E-state index is 0.0324. The van der Waals surface area contributed by atoms with Crippen molar-refractivity contribution in [2.45, 2.75) is 26.7 Å². The van der Waals surface area contributed by atoms with Crippen LogP contribution in [0, 0.1) is 0 Å². The van der Waals surface area contributed by atoms with E-state index >= 15 is 0 Å². The van der Waals surface area contributed by atoms with Crippen LogP contribution in [0.25, 0.3) is 0 Å². The fourth-order valence-corrected chi connectivity index (χ4v) is 3.09. The number of amides is 1. The number of nitrogens with one attached hydrogen (secondary N) is 1. The van der Waals surface area contributed by atoms with Gasteiger partial charge < -0.3 is 10.1 Å². The van der Waals surface area contributed by atoms with Crippen LogP contribution in [0.5, 0.6) is 0 Å². The summed E-state index contributed by atoms with van der Waals surface area (Å²) in [6.45, 7) is 3.95. The van der Waals surface area contributed by atoms with Crippen LogP contribution in [-0.2, 0) is 19.6 Å². The number of anilines is 1. The predicted molar refractivity (Wildman–Crippen MR) is 92.5 cm³/mol. The highest BCUT2D eigenvalue weighted by Crippen LogP contribution is 2.23. The summed E-state index contributed by atoms with van der Waals surface area (Å²) in [5.41, 5.74) is 0.410. The lowest BCUT2D eigenvalue weighted by Gasteiger charge is -2.24. The molecule has 0 aliphatic rings. The van der Waals surface area contributed by atoms with Crippen molar-refractivity contribution in [1.82, 2.24) is 5.32 Å². The zero-order valence-electron chi connectivity index (χ0n) is 14.2. The van der Waals surface area contributed by atoms with Gasteiger partial charge in [-0.2, -0.15) is 0 Å². The number of ether oxygens (including phenoxy) is 1. The lowest BCUT2D eigenvalue weighted by molar-refractivity contribution is -0.121. The van der Waals surface area contributed by atoms with Gasteiger partial charge in [0.05, 0.1) is 30.7 Å². The van der Waals surface area contributed by atoms with Gasteiger partial charge in [0.1, 0.15) is 0 Å². The zero-order chi connectivity index (χ0) is 18.2. The van der Waals surface area contributed by atoms with Gasteiger partial charge in [-0.3, -0.25) is 9.10 Å². The summed E-state index contributed by atoms with van der Waals surface area (Å²) in [6, 6.07) is 6.34. The van der Waals surface area contributed by atoms with E-state index in [2.05, 4.69) is 5.32 Å². The first-order valence-corrected chi connectivity index (χ1v) is 9.66. The van der Waals surface area contributed by atoms with Crippen molar-refractivity contribution in [2.24, 2.45) is 0 Å². The number of hydrogen-bond donors (Lipinski definition) is 1.